The molecule has 36 heteroatoms. The second-order valence-electron chi connectivity index (χ2n) is 30.9. The lowest BCUT2D eigenvalue weighted by molar-refractivity contribution is -0.270. The first kappa shape index (κ1) is 106. The number of ketones is 5. The number of ether oxygens (including phenoxy) is 10. The molecular weight excluding hydrogens is 1540 g/mol. The van der Waals surface area contributed by atoms with E-state index in [0.717, 1.165) is 57.8 Å². The van der Waals surface area contributed by atoms with Crippen LogP contribution in [0.2, 0.25) is 0 Å². The number of carbonyl (C=O) groups excluding carboxylic acids is 11. The number of hydrogen-bond donors (Lipinski definition) is 15. The smallest absolute Gasteiger partial charge is 0.222 e. The number of carbonyl (C=O) groups is 11. The Morgan fingerprint density at radius 1 is 0.316 bits per heavy atom. The summed E-state index contributed by atoms with van der Waals surface area (Å²) < 4.78 is 57.4. The van der Waals surface area contributed by atoms with Crippen LogP contribution in [-0.2, 0) is 100 Å². The average molecular weight is 1680 g/mol. The molecule has 676 valence electrons. The SMILES string of the molecule is COCC(=O)CCCCCCCCCCCCC(=O)NC(COCCC(=O)CCCCCC(=O)CCCCO[C@@H]1OC(CO)[C@H](O)C(O)[C@@H]1NC(C)=O)(COCCC(=O)CCCCCC(=O)CCCCO[C@@H]1OC(CO)[C@H](O)C(O)[C@@H]1NC(C)=O)COCCC(=O)NCCCNC(=O)CCCCO[C@@H]1OC(CO)[C@H](O)C(O)[C@@H]1NC(C)=O. The van der Waals surface area contributed by atoms with Gasteiger partial charge in [-0.05, 0) is 83.5 Å². The van der Waals surface area contributed by atoms with Gasteiger partial charge in [-0.1, -0.05) is 64.2 Å². The van der Waals surface area contributed by atoms with Gasteiger partial charge in [0.15, 0.2) is 24.7 Å². The van der Waals surface area contributed by atoms with Crippen LogP contribution in [0.15, 0.2) is 0 Å². The van der Waals surface area contributed by atoms with Crippen LogP contribution in [0.4, 0.5) is 0 Å². The Morgan fingerprint density at radius 3 is 0.923 bits per heavy atom. The van der Waals surface area contributed by atoms with Gasteiger partial charge in [-0.3, -0.25) is 52.7 Å². The molecule has 0 spiro atoms. The van der Waals surface area contributed by atoms with Crippen molar-refractivity contribution in [2.75, 3.05) is 106 Å². The van der Waals surface area contributed by atoms with Crippen molar-refractivity contribution in [3.05, 3.63) is 0 Å². The highest BCUT2D eigenvalue weighted by atomic mass is 16.7. The number of Topliss-reactive ketones (excluding diaryl/α,β-unsaturated/α-hetero) is 5. The van der Waals surface area contributed by atoms with Gasteiger partial charge in [0.25, 0.3) is 0 Å². The van der Waals surface area contributed by atoms with Gasteiger partial charge in [0.2, 0.25) is 35.4 Å². The van der Waals surface area contributed by atoms with Crippen molar-refractivity contribution in [1.82, 2.24) is 31.9 Å². The molecule has 36 nitrogen and oxygen atoms in total. The Morgan fingerprint density at radius 2 is 0.590 bits per heavy atom. The fraction of sp³-hybridized carbons (Fsp3) is 0.864. The highest BCUT2D eigenvalue weighted by Gasteiger charge is 2.48. The maximum Gasteiger partial charge on any atom is 0.222 e. The average Bonchev–Trinajstić information content (AvgIpc) is 0.827. The Labute approximate surface area is 688 Å². The number of rotatable bonds is 71. The summed E-state index contributed by atoms with van der Waals surface area (Å²) in [4.78, 5) is 139. The number of unbranched alkanes of at least 4 members (excludes halogenated alkanes) is 16. The minimum atomic E-state index is -1.45. The molecule has 15 atom stereocenters. The molecule has 15 N–H and O–H groups in total. The fourth-order valence-corrected chi connectivity index (χ4v) is 13.7. The Balaban J connectivity index is 1.57. The lowest BCUT2D eigenvalue weighted by Crippen LogP contribution is -2.64. The van der Waals surface area contributed by atoms with E-state index in [0.29, 0.717) is 109 Å². The van der Waals surface area contributed by atoms with Gasteiger partial charge in [-0.25, -0.2) is 0 Å². The highest BCUT2D eigenvalue weighted by molar-refractivity contribution is 5.81. The third-order valence-electron chi connectivity index (χ3n) is 20.4. The van der Waals surface area contributed by atoms with Crippen LogP contribution in [0, 0.1) is 0 Å². The molecule has 3 aliphatic heterocycles. The molecule has 0 saturated carbocycles. The topological polar surface area (TPSA) is 534 Å². The van der Waals surface area contributed by atoms with Crippen LogP contribution in [0.5, 0.6) is 0 Å². The quantitative estimate of drug-likeness (QED) is 0.0380. The number of aliphatic hydroxyl groups excluding tert-OH is 9. The first-order valence-corrected chi connectivity index (χ1v) is 42.4. The number of aliphatic hydroxyl groups is 9. The second-order valence-corrected chi connectivity index (χ2v) is 30.9. The monoisotopic (exact) mass is 1680 g/mol. The summed E-state index contributed by atoms with van der Waals surface area (Å²) in [5, 5.41) is 107. The molecule has 6 amide bonds. The normalized spacial score (nSPS) is 23.8. The summed E-state index contributed by atoms with van der Waals surface area (Å²) in [5.41, 5.74) is -1.35. The maximum atomic E-state index is 14.0. The first-order chi connectivity index (χ1) is 56.2. The predicted molar refractivity (Wildman–Crippen MR) is 422 cm³/mol. The molecule has 0 aromatic carbocycles. The van der Waals surface area contributed by atoms with Crippen LogP contribution >= 0.6 is 0 Å². The molecule has 6 unspecified atom stereocenters. The van der Waals surface area contributed by atoms with Crippen molar-refractivity contribution < 1.29 is 146 Å². The largest absolute Gasteiger partial charge is 0.394 e. The molecular formula is C81H142N6O30. The van der Waals surface area contributed by atoms with Crippen molar-refractivity contribution in [3.63, 3.8) is 0 Å². The van der Waals surface area contributed by atoms with Gasteiger partial charge >= 0.3 is 0 Å². The molecule has 117 heavy (non-hydrogen) atoms. The molecule has 0 aromatic rings. The molecule has 0 radical (unpaired) electrons. The van der Waals surface area contributed by atoms with E-state index in [1.165, 1.54) is 27.9 Å². The molecule has 0 bridgehead atoms. The van der Waals surface area contributed by atoms with E-state index in [-0.39, 0.29) is 184 Å². The standard InChI is InChI=1S/C81H142N6O30/c1-55(91)84-69-75(105)72(102)63(48-88)115-78(69)112-42-24-21-32-58(94)28-16-13-18-30-60(96)37-45-109-52-81(87-68(101)36-20-12-10-8-6-5-7-9-11-15-34-62(98)51-108-4,53-110-46-38-61(97)31-19-14-17-29-59(95)33-22-25-43-113-79-70(85-56(2)92)76(106)73(103)64(49-89)116-79)54-111-47-39-67(100)83-41-27-40-82-66(99)35-23-26-44-114-80-71(86-57(3)93)77(107)74(104)65(50-90)117-80/h63-65,69-80,88-90,102-107H,5-54H2,1-4H3,(H,82,99)(H,83,100)(H,84,91)(H,85,92)(H,86,93)(H,87,101)/t63?,64?,65?,69-,70-,71-,72-,73-,74-,75?,76?,77?,78+,79+,80+,81?/m0/s1. The van der Waals surface area contributed by atoms with E-state index in [4.69, 9.17) is 47.4 Å². The Kier molecular flexibility index (Phi) is 57.2. The van der Waals surface area contributed by atoms with Crippen LogP contribution < -0.4 is 31.9 Å². The zero-order valence-corrected chi connectivity index (χ0v) is 69.6. The van der Waals surface area contributed by atoms with Crippen LogP contribution in [0.25, 0.3) is 0 Å². The molecule has 3 aliphatic rings. The molecule has 0 aromatic heterocycles. The molecule has 0 aliphatic carbocycles. The van der Waals surface area contributed by atoms with E-state index in [9.17, 15) is 98.7 Å². The number of amides is 6. The predicted octanol–water partition coefficient (Wildman–Crippen LogP) is 1.15. The minimum absolute atomic E-state index is 0.0225. The highest BCUT2D eigenvalue weighted by Crippen LogP contribution is 2.27. The second kappa shape index (κ2) is 63.4. The summed E-state index contributed by atoms with van der Waals surface area (Å²) in [6.45, 7) is 2.27. The summed E-state index contributed by atoms with van der Waals surface area (Å²) >= 11 is 0. The summed E-state index contributed by atoms with van der Waals surface area (Å²) in [5.74, 6) is -2.31. The van der Waals surface area contributed by atoms with E-state index in [1.807, 2.05) is 0 Å². The summed E-state index contributed by atoms with van der Waals surface area (Å²) in [6.07, 6.45) is 2.99. The zero-order valence-electron chi connectivity index (χ0n) is 69.6. The van der Waals surface area contributed by atoms with Crippen molar-refractivity contribution in [1.29, 1.82) is 0 Å². The van der Waals surface area contributed by atoms with Gasteiger partial charge < -0.3 is 125 Å². The Hall–Kier alpha value is -5.59. The van der Waals surface area contributed by atoms with Crippen molar-refractivity contribution in [2.24, 2.45) is 0 Å². The van der Waals surface area contributed by atoms with Crippen molar-refractivity contribution in [2.45, 2.75) is 343 Å². The molecule has 3 heterocycles. The third-order valence-corrected chi connectivity index (χ3v) is 20.4. The Bertz CT molecular complexity index is 2590. The summed E-state index contributed by atoms with van der Waals surface area (Å²) in [6, 6.07) is -3.23. The third kappa shape index (κ3) is 46.3. The maximum absolute atomic E-state index is 14.0. The van der Waals surface area contributed by atoms with Crippen LogP contribution in [-0.4, -0.2) is 314 Å². The lowest BCUT2D eigenvalue weighted by atomic mass is 9.97. The van der Waals surface area contributed by atoms with Crippen molar-refractivity contribution in [3.8, 4) is 0 Å². The minimum Gasteiger partial charge on any atom is -0.394 e. The van der Waals surface area contributed by atoms with Gasteiger partial charge in [-0.2, -0.15) is 0 Å². The molecule has 3 rings (SSSR count). The fourth-order valence-electron chi connectivity index (χ4n) is 13.7. The van der Waals surface area contributed by atoms with E-state index < -0.39 is 135 Å². The van der Waals surface area contributed by atoms with Gasteiger partial charge in [0.05, 0.1) is 59.5 Å². The van der Waals surface area contributed by atoms with E-state index in [1.54, 1.807) is 0 Å². The number of methoxy groups -OCH3 is 1. The number of nitrogens with one attached hydrogen (secondary N) is 6. The van der Waals surface area contributed by atoms with Crippen LogP contribution in [0.1, 0.15) is 245 Å². The summed E-state index contributed by atoms with van der Waals surface area (Å²) in [7, 11) is 1.51. The van der Waals surface area contributed by atoms with Crippen LogP contribution in [0.3, 0.4) is 0 Å². The first-order valence-electron chi connectivity index (χ1n) is 42.4. The van der Waals surface area contributed by atoms with Gasteiger partial charge in [-0.15, -0.1) is 0 Å². The molecule has 3 saturated heterocycles. The number of hydrogen-bond acceptors (Lipinski definition) is 30. The lowest BCUT2D eigenvalue weighted by Gasteiger charge is -2.42. The van der Waals surface area contributed by atoms with Gasteiger partial charge in [0.1, 0.15) is 108 Å². The zero-order chi connectivity index (χ0) is 86.2. The van der Waals surface area contributed by atoms with E-state index >= 15 is 0 Å². The molecule has 3 fully saturated rings. The van der Waals surface area contributed by atoms with Crippen molar-refractivity contribution >= 4 is 64.4 Å². The van der Waals surface area contributed by atoms with Gasteiger partial charge in [0, 0.05) is 138 Å². The van der Waals surface area contributed by atoms with E-state index in [2.05, 4.69) is 31.9 Å².